The summed E-state index contributed by atoms with van der Waals surface area (Å²) >= 11 is 0. The number of carbonyl (C=O) groups is 1. The smallest absolute Gasteiger partial charge is 0.343 e. The molecule has 3 N–H and O–H groups in total. The number of aliphatic hydroxyl groups is 1. The molecule has 0 fully saturated rings. The third-order valence-corrected chi connectivity index (χ3v) is 5.42. The molecule has 4 heterocycles. The number of aromatic nitrogens is 2. The topological polar surface area (TPSA) is 113 Å². The molecule has 1 aromatic carbocycles. The highest BCUT2D eigenvalue weighted by Crippen LogP contribution is 2.38. The first kappa shape index (κ1) is 17.4. The third-order valence-electron chi connectivity index (χ3n) is 5.42. The average Bonchev–Trinajstić information content (AvgIpc) is 3.01. The van der Waals surface area contributed by atoms with Crippen LogP contribution in [0.2, 0.25) is 0 Å². The van der Waals surface area contributed by atoms with Gasteiger partial charge in [0.15, 0.2) is 5.60 Å². The van der Waals surface area contributed by atoms with Crippen LogP contribution in [0, 0.1) is 0 Å². The maximum atomic E-state index is 13.0. The highest BCUT2D eigenvalue weighted by Gasteiger charge is 2.45. The van der Waals surface area contributed by atoms with Crippen LogP contribution in [0.25, 0.3) is 22.3 Å². The summed E-state index contributed by atoms with van der Waals surface area (Å²) in [5, 5.41) is 11.8. The zero-order valence-corrected chi connectivity index (χ0v) is 14.7. The summed E-state index contributed by atoms with van der Waals surface area (Å²) in [5.41, 5.74) is 1.81. The van der Waals surface area contributed by atoms with Gasteiger partial charge in [-0.25, -0.2) is 9.78 Å². The quantitative estimate of drug-likeness (QED) is 0.510. The number of hydrogen-bond donors (Lipinski definition) is 1. The van der Waals surface area contributed by atoms with E-state index in [1.807, 2.05) is 30.3 Å². The van der Waals surface area contributed by atoms with Crippen LogP contribution in [0.15, 0.2) is 41.2 Å². The monoisotopic (exact) mass is 366 g/mol. The summed E-state index contributed by atoms with van der Waals surface area (Å²) in [7, 11) is 0. The van der Waals surface area contributed by atoms with Gasteiger partial charge in [-0.15, -0.1) is 0 Å². The lowest BCUT2D eigenvalue weighted by molar-refractivity contribution is -0.172. The van der Waals surface area contributed by atoms with E-state index in [9.17, 15) is 14.7 Å². The Morgan fingerprint density at radius 1 is 1.26 bits per heavy atom. The number of hydrogen-bond acceptors (Lipinski definition) is 5. The van der Waals surface area contributed by atoms with Crippen molar-refractivity contribution < 1.29 is 20.1 Å². The van der Waals surface area contributed by atoms with Crippen molar-refractivity contribution in [1.82, 2.24) is 9.55 Å². The zero-order valence-electron chi connectivity index (χ0n) is 14.7. The van der Waals surface area contributed by atoms with Crippen molar-refractivity contribution >= 4 is 16.9 Å². The van der Waals surface area contributed by atoms with Gasteiger partial charge >= 0.3 is 5.97 Å². The van der Waals surface area contributed by atoms with E-state index in [4.69, 9.17) is 9.72 Å². The van der Waals surface area contributed by atoms with Crippen LogP contribution in [0.4, 0.5) is 0 Å². The minimum Gasteiger partial charge on any atom is -0.458 e. The lowest BCUT2D eigenvalue weighted by Crippen LogP contribution is -2.44. The summed E-state index contributed by atoms with van der Waals surface area (Å²) in [6, 6.07) is 11.6. The summed E-state index contributed by atoms with van der Waals surface area (Å²) < 4.78 is 6.72. The molecule has 0 amide bonds. The van der Waals surface area contributed by atoms with E-state index in [2.05, 4.69) is 0 Å². The van der Waals surface area contributed by atoms with Crippen molar-refractivity contribution in [3.8, 4) is 11.4 Å². The fourth-order valence-electron chi connectivity index (χ4n) is 3.93. The Morgan fingerprint density at radius 3 is 2.81 bits per heavy atom. The SMILES string of the molecule is CC[C@@]1(O)C(=O)OCc2c1cc1n(c2=O)Cc2cc3ccccc3nc2-1.O. The van der Waals surface area contributed by atoms with Gasteiger partial charge in [-0.05, 0) is 24.6 Å². The molecule has 2 aliphatic rings. The lowest BCUT2D eigenvalue weighted by Gasteiger charge is -2.31. The fraction of sp³-hybridized carbons (Fsp3) is 0.250. The molecule has 2 aromatic heterocycles. The summed E-state index contributed by atoms with van der Waals surface area (Å²) in [5.74, 6) is -0.707. The van der Waals surface area contributed by atoms with Crippen molar-refractivity contribution in [2.45, 2.75) is 32.1 Å². The van der Waals surface area contributed by atoms with Gasteiger partial charge < -0.3 is 19.9 Å². The maximum Gasteiger partial charge on any atom is 0.343 e. The van der Waals surface area contributed by atoms with Gasteiger partial charge in [0.2, 0.25) is 0 Å². The zero-order chi connectivity index (χ0) is 18.1. The fourth-order valence-corrected chi connectivity index (χ4v) is 3.93. The van der Waals surface area contributed by atoms with Crippen LogP contribution in [0.1, 0.15) is 30.0 Å². The van der Waals surface area contributed by atoms with Crippen LogP contribution >= 0.6 is 0 Å². The number of carbonyl (C=O) groups excluding carboxylic acids is 1. The van der Waals surface area contributed by atoms with Crippen molar-refractivity contribution in [2.75, 3.05) is 0 Å². The van der Waals surface area contributed by atoms with E-state index in [0.29, 0.717) is 23.4 Å². The first-order chi connectivity index (χ1) is 12.5. The van der Waals surface area contributed by atoms with Crippen LogP contribution in [0.3, 0.4) is 0 Å². The number of fused-ring (bicyclic) bond motifs is 5. The number of cyclic esters (lactones) is 1. The van der Waals surface area contributed by atoms with E-state index in [1.54, 1.807) is 17.6 Å². The molecule has 0 spiro atoms. The predicted molar refractivity (Wildman–Crippen MR) is 98.1 cm³/mol. The Balaban J connectivity index is 0.00000180. The van der Waals surface area contributed by atoms with E-state index < -0.39 is 11.6 Å². The molecule has 27 heavy (non-hydrogen) atoms. The highest BCUT2D eigenvalue weighted by molar-refractivity contribution is 5.86. The predicted octanol–water partition coefficient (Wildman–Crippen LogP) is 1.25. The molecule has 0 aliphatic carbocycles. The van der Waals surface area contributed by atoms with Gasteiger partial charge in [0.25, 0.3) is 5.56 Å². The van der Waals surface area contributed by atoms with Crippen LogP contribution in [-0.4, -0.2) is 26.1 Å². The van der Waals surface area contributed by atoms with E-state index in [1.165, 1.54) is 0 Å². The normalized spacial score (nSPS) is 19.7. The third kappa shape index (κ3) is 2.19. The number of esters is 1. The van der Waals surface area contributed by atoms with Crippen molar-refractivity contribution in [2.24, 2.45) is 0 Å². The Morgan fingerprint density at radius 2 is 2.04 bits per heavy atom. The second-order valence-corrected chi connectivity index (χ2v) is 6.79. The van der Waals surface area contributed by atoms with Gasteiger partial charge in [0, 0.05) is 16.5 Å². The molecule has 5 rings (SSSR count). The molecular formula is C20H18N2O5. The number of nitrogens with zero attached hydrogens (tertiary/aromatic N) is 2. The van der Waals surface area contributed by atoms with Crippen LogP contribution in [-0.2, 0) is 28.3 Å². The molecule has 0 radical (unpaired) electrons. The standard InChI is InChI=1S/C20H16N2O4.H2O/c1-2-20(25)14-8-16-17-12(7-11-5-3-4-6-15(11)21-17)9-22(16)18(23)13(14)10-26-19(20)24;/h3-8,25H,2,9-10H2,1H3;1H2/t20-;/m0./s1. The lowest BCUT2D eigenvalue weighted by atomic mass is 9.86. The summed E-state index contributed by atoms with van der Waals surface area (Å²) in [4.78, 5) is 29.9. The molecule has 0 bridgehead atoms. The van der Waals surface area contributed by atoms with E-state index >= 15 is 0 Å². The molecule has 2 aliphatic heterocycles. The summed E-state index contributed by atoms with van der Waals surface area (Å²) in [6.07, 6.45) is 0.139. The Kier molecular flexibility index (Phi) is 3.69. The molecule has 0 unspecified atom stereocenters. The van der Waals surface area contributed by atoms with Crippen molar-refractivity contribution in [3.63, 3.8) is 0 Å². The second-order valence-electron chi connectivity index (χ2n) is 6.79. The minimum absolute atomic E-state index is 0. The number of ether oxygens (including phenoxy) is 1. The number of benzene rings is 1. The van der Waals surface area contributed by atoms with Gasteiger partial charge in [0.05, 0.1) is 29.0 Å². The van der Waals surface area contributed by atoms with Crippen LogP contribution in [0.5, 0.6) is 0 Å². The van der Waals surface area contributed by atoms with Gasteiger partial charge in [-0.2, -0.15) is 0 Å². The molecule has 1 atom stereocenters. The molecule has 3 aromatic rings. The molecular weight excluding hydrogens is 348 g/mol. The van der Waals surface area contributed by atoms with Gasteiger partial charge in [-0.3, -0.25) is 4.79 Å². The highest BCUT2D eigenvalue weighted by atomic mass is 16.6. The van der Waals surface area contributed by atoms with Gasteiger partial charge in [0.1, 0.15) is 6.61 Å². The molecule has 0 saturated carbocycles. The largest absolute Gasteiger partial charge is 0.458 e. The first-order valence-electron chi connectivity index (χ1n) is 8.59. The maximum absolute atomic E-state index is 13.0. The second kappa shape index (κ2) is 5.73. The Bertz CT molecular complexity index is 1170. The Labute approximate surface area is 154 Å². The number of para-hydroxylation sites is 1. The summed E-state index contributed by atoms with van der Waals surface area (Å²) in [6.45, 7) is 2.01. The molecule has 7 nitrogen and oxygen atoms in total. The first-order valence-corrected chi connectivity index (χ1v) is 8.59. The molecule has 138 valence electrons. The minimum atomic E-state index is -1.79. The average molecular weight is 366 g/mol. The van der Waals surface area contributed by atoms with Crippen molar-refractivity contribution in [1.29, 1.82) is 0 Å². The molecule has 0 saturated heterocycles. The van der Waals surface area contributed by atoms with E-state index in [-0.39, 0.29) is 24.1 Å². The molecule has 7 heteroatoms. The number of rotatable bonds is 1. The van der Waals surface area contributed by atoms with Gasteiger partial charge in [-0.1, -0.05) is 25.1 Å². The van der Waals surface area contributed by atoms with Crippen LogP contribution < -0.4 is 5.56 Å². The van der Waals surface area contributed by atoms with Crippen molar-refractivity contribution in [3.05, 3.63) is 63.4 Å². The number of pyridine rings is 2. The Hall–Kier alpha value is -3.03. The van der Waals surface area contributed by atoms with E-state index in [0.717, 1.165) is 22.2 Å².